The minimum absolute atomic E-state index is 0.134. The first-order valence-corrected chi connectivity index (χ1v) is 9.36. The van der Waals surface area contributed by atoms with Crippen LogP contribution in [-0.4, -0.2) is 17.7 Å². The lowest BCUT2D eigenvalue weighted by Crippen LogP contribution is -2.41. The van der Waals surface area contributed by atoms with Crippen molar-refractivity contribution < 1.29 is 14.3 Å². The van der Waals surface area contributed by atoms with Gasteiger partial charge in [0.15, 0.2) is 5.78 Å². The molecule has 132 valence electrons. The smallest absolute Gasteiger partial charge is 0.173 e. The third-order valence-corrected chi connectivity index (χ3v) is 4.85. The van der Waals surface area contributed by atoms with Crippen LogP contribution >= 0.6 is 0 Å². The minimum atomic E-state index is -0.209. The molecule has 24 heavy (non-hydrogen) atoms. The summed E-state index contributed by atoms with van der Waals surface area (Å²) in [5, 5.41) is 0. The SMILES string of the molecule is CCCCCCC(=O)CCC1C(=O)c2ccccc2OC1C(C)C. The van der Waals surface area contributed by atoms with Gasteiger partial charge >= 0.3 is 0 Å². The topological polar surface area (TPSA) is 43.4 Å². The first-order chi connectivity index (χ1) is 11.5. The molecule has 1 aliphatic rings. The monoisotopic (exact) mass is 330 g/mol. The molecule has 1 heterocycles. The molecular weight excluding hydrogens is 300 g/mol. The van der Waals surface area contributed by atoms with Crippen molar-refractivity contribution in [2.45, 2.75) is 71.8 Å². The molecule has 0 aliphatic carbocycles. The molecule has 2 atom stereocenters. The van der Waals surface area contributed by atoms with E-state index in [4.69, 9.17) is 4.74 Å². The first kappa shape index (κ1) is 18.7. The highest BCUT2D eigenvalue weighted by Gasteiger charge is 2.38. The zero-order chi connectivity index (χ0) is 17.5. The second-order valence-electron chi connectivity index (χ2n) is 7.18. The third kappa shape index (κ3) is 4.68. The quantitative estimate of drug-likeness (QED) is 0.583. The van der Waals surface area contributed by atoms with Crippen LogP contribution in [0.3, 0.4) is 0 Å². The highest BCUT2D eigenvalue weighted by atomic mass is 16.5. The van der Waals surface area contributed by atoms with Gasteiger partial charge in [-0.2, -0.15) is 0 Å². The van der Waals surface area contributed by atoms with Crippen molar-refractivity contribution in [1.82, 2.24) is 0 Å². The van der Waals surface area contributed by atoms with Crippen LogP contribution in [0.1, 0.15) is 76.1 Å². The number of benzene rings is 1. The van der Waals surface area contributed by atoms with Crippen molar-refractivity contribution in [2.24, 2.45) is 11.8 Å². The molecule has 0 amide bonds. The second-order valence-corrected chi connectivity index (χ2v) is 7.18. The summed E-state index contributed by atoms with van der Waals surface area (Å²) in [6.07, 6.45) is 6.05. The predicted octanol–water partition coefficient (Wildman–Crippen LogP) is 5.22. The van der Waals surface area contributed by atoms with Crippen LogP contribution in [0.5, 0.6) is 5.75 Å². The number of hydrogen-bond donors (Lipinski definition) is 0. The Kier molecular flexibility index (Phi) is 7.01. The molecule has 0 fully saturated rings. The molecule has 2 rings (SSSR count). The molecule has 1 aromatic rings. The predicted molar refractivity (Wildman–Crippen MR) is 96.5 cm³/mol. The van der Waals surface area contributed by atoms with Crippen LogP contribution in [0.15, 0.2) is 24.3 Å². The standard InChI is InChI=1S/C21H30O3/c1-4-5-6-7-10-16(22)13-14-18-20(23)17-11-8-9-12-19(17)24-21(18)15(2)3/h8-9,11-12,15,18,21H,4-7,10,13-14H2,1-3H3. The van der Waals surface area contributed by atoms with Gasteiger partial charge in [-0.3, -0.25) is 9.59 Å². The summed E-state index contributed by atoms with van der Waals surface area (Å²) in [6, 6.07) is 7.45. The Labute approximate surface area is 145 Å². The Hall–Kier alpha value is -1.64. The van der Waals surface area contributed by atoms with Gasteiger partial charge in [0.1, 0.15) is 17.6 Å². The summed E-state index contributed by atoms with van der Waals surface area (Å²) in [4.78, 5) is 25.0. The highest BCUT2D eigenvalue weighted by Crippen LogP contribution is 2.35. The molecule has 0 N–H and O–H groups in total. The van der Waals surface area contributed by atoms with Crippen molar-refractivity contribution in [3.63, 3.8) is 0 Å². The average molecular weight is 330 g/mol. The average Bonchev–Trinajstić information content (AvgIpc) is 2.57. The summed E-state index contributed by atoms with van der Waals surface area (Å²) in [5.41, 5.74) is 0.662. The van der Waals surface area contributed by atoms with E-state index in [0.29, 0.717) is 30.6 Å². The molecule has 3 heteroatoms. The van der Waals surface area contributed by atoms with E-state index in [1.165, 1.54) is 12.8 Å². The van der Waals surface area contributed by atoms with Crippen LogP contribution in [0.4, 0.5) is 0 Å². The van der Waals surface area contributed by atoms with E-state index >= 15 is 0 Å². The van der Waals surface area contributed by atoms with Gasteiger partial charge in [0, 0.05) is 12.8 Å². The molecule has 2 unspecified atom stereocenters. The third-order valence-electron chi connectivity index (χ3n) is 4.85. The maximum absolute atomic E-state index is 12.9. The van der Waals surface area contributed by atoms with Gasteiger partial charge in [-0.15, -0.1) is 0 Å². The van der Waals surface area contributed by atoms with Gasteiger partial charge in [0.2, 0.25) is 0 Å². The zero-order valence-corrected chi connectivity index (χ0v) is 15.2. The van der Waals surface area contributed by atoms with Crippen LogP contribution < -0.4 is 4.74 Å². The molecule has 1 aliphatic heterocycles. The Balaban J connectivity index is 1.97. The summed E-state index contributed by atoms with van der Waals surface area (Å²) in [6.45, 7) is 6.32. The van der Waals surface area contributed by atoms with Crippen LogP contribution in [-0.2, 0) is 4.79 Å². The maximum Gasteiger partial charge on any atom is 0.173 e. The van der Waals surface area contributed by atoms with Gasteiger partial charge in [-0.1, -0.05) is 52.2 Å². The number of rotatable bonds is 9. The molecule has 3 nitrogen and oxygen atoms in total. The number of ether oxygens (including phenoxy) is 1. The van der Waals surface area contributed by atoms with Crippen LogP contribution in [0.25, 0.3) is 0 Å². The van der Waals surface area contributed by atoms with E-state index < -0.39 is 0 Å². The molecule has 1 aromatic carbocycles. The Morgan fingerprint density at radius 2 is 1.88 bits per heavy atom. The molecule has 0 bridgehead atoms. The molecular formula is C21H30O3. The Bertz CT molecular complexity index is 562. The van der Waals surface area contributed by atoms with Gasteiger partial charge in [-0.25, -0.2) is 0 Å². The fourth-order valence-electron chi connectivity index (χ4n) is 3.44. The highest BCUT2D eigenvalue weighted by molar-refractivity contribution is 6.01. The van der Waals surface area contributed by atoms with Crippen LogP contribution in [0, 0.1) is 11.8 Å². The van der Waals surface area contributed by atoms with E-state index in [1.807, 2.05) is 24.3 Å². The van der Waals surface area contributed by atoms with Crippen molar-refractivity contribution in [1.29, 1.82) is 0 Å². The number of carbonyl (C=O) groups excluding carboxylic acids is 2. The number of para-hydroxylation sites is 1. The molecule has 0 saturated carbocycles. The van der Waals surface area contributed by atoms with E-state index in [2.05, 4.69) is 20.8 Å². The van der Waals surface area contributed by atoms with E-state index in [0.717, 1.165) is 12.8 Å². The number of carbonyl (C=O) groups is 2. The zero-order valence-electron chi connectivity index (χ0n) is 15.2. The summed E-state index contributed by atoms with van der Waals surface area (Å²) in [5.74, 6) is 1.13. The normalized spacial score (nSPS) is 19.9. The summed E-state index contributed by atoms with van der Waals surface area (Å²) >= 11 is 0. The number of Topliss-reactive ketones (excluding diaryl/α,β-unsaturated/α-hetero) is 2. The van der Waals surface area contributed by atoms with Gasteiger partial charge < -0.3 is 4.74 Å². The largest absolute Gasteiger partial charge is 0.489 e. The molecule has 0 radical (unpaired) electrons. The molecule has 0 aromatic heterocycles. The Morgan fingerprint density at radius 3 is 2.58 bits per heavy atom. The maximum atomic E-state index is 12.9. The minimum Gasteiger partial charge on any atom is -0.489 e. The van der Waals surface area contributed by atoms with E-state index in [-0.39, 0.29) is 29.5 Å². The van der Waals surface area contributed by atoms with Crippen LogP contribution in [0.2, 0.25) is 0 Å². The summed E-state index contributed by atoms with van der Waals surface area (Å²) < 4.78 is 6.09. The number of hydrogen-bond acceptors (Lipinski definition) is 3. The first-order valence-electron chi connectivity index (χ1n) is 9.36. The fourth-order valence-corrected chi connectivity index (χ4v) is 3.44. The van der Waals surface area contributed by atoms with E-state index in [1.54, 1.807) is 0 Å². The Morgan fingerprint density at radius 1 is 1.12 bits per heavy atom. The van der Waals surface area contributed by atoms with Gasteiger partial charge in [-0.05, 0) is 30.9 Å². The van der Waals surface area contributed by atoms with Gasteiger partial charge in [0.05, 0.1) is 11.5 Å². The second kappa shape index (κ2) is 9.00. The van der Waals surface area contributed by atoms with Gasteiger partial charge in [0.25, 0.3) is 0 Å². The number of ketones is 2. The lowest BCUT2D eigenvalue weighted by atomic mass is 9.81. The van der Waals surface area contributed by atoms with E-state index in [9.17, 15) is 9.59 Å². The van der Waals surface area contributed by atoms with Crippen molar-refractivity contribution >= 4 is 11.6 Å². The lowest BCUT2D eigenvalue weighted by molar-refractivity contribution is -0.119. The fraction of sp³-hybridized carbons (Fsp3) is 0.619. The molecule has 0 saturated heterocycles. The summed E-state index contributed by atoms with van der Waals surface area (Å²) in [7, 11) is 0. The van der Waals surface area contributed by atoms with Crippen molar-refractivity contribution in [2.75, 3.05) is 0 Å². The molecule has 0 spiro atoms. The lowest BCUT2D eigenvalue weighted by Gasteiger charge is -2.35. The number of unbranched alkanes of at least 4 members (excludes halogenated alkanes) is 3. The van der Waals surface area contributed by atoms with Crippen molar-refractivity contribution in [3.8, 4) is 5.75 Å². The van der Waals surface area contributed by atoms with Crippen molar-refractivity contribution in [3.05, 3.63) is 29.8 Å². The number of fused-ring (bicyclic) bond motifs is 1.